The van der Waals surface area contributed by atoms with Gasteiger partial charge in [0.05, 0.1) is 43.5 Å². The van der Waals surface area contributed by atoms with Crippen LogP contribution in [0, 0.1) is 0 Å². The van der Waals surface area contributed by atoms with Gasteiger partial charge in [-0.3, -0.25) is 9.48 Å². The number of carbonyl (C=O) groups excluding carboxylic acids is 1. The molecule has 2 aromatic heterocycles. The van der Waals surface area contributed by atoms with E-state index in [1.165, 1.54) is 6.26 Å². The number of carbonyl (C=O) groups is 1. The molecule has 0 aliphatic carbocycles. The number of hydrogen-bond donors (Lipinski definition) is 1. The molecule has 3 rings (SSSR count). The lowest BCUT2D eigenvalue weighted by atomic mass is 10.1. The molecule has 7 nitrogen and oxygen atoms in total. The maximum atomic E-state index is 12.3. The Kier molecular flexibility index (Phi) is 4.15. The van der Waals surface area contributed by atoms with Crippen molar-refractivity contribution in [3.63, 3.8) is 0 Å². The van der Waals surface area contributed by atoms with Crippen molar-refractivity contribution >= 4 is 5.91 Å². The van der Waals surface area contributed by atoms with Crippen LogP contribution in [0.5, 0.6) is 5.75 Å². The van der Waals surface area contributed by atoms with Gasteiger partial charge >= 0.3 is 0 Å². The van der Waals surface area contributed by atoms with E-state index in [4.69, 9.17) is 13.9 Å². The molecule has 0 spiro atoms. The summed E-state index contributed by atoms with van der Waals surface area (Å²) in [6.45, 7) is 2.81. The minimum atomic E-state index is -0.231. The van der Waals surface area contributed by atoms with Crippen LogP contribution in [-0.2, 0) is 18.2 Å². The molecule has 0 bridgehead atoms. The SMILES string of the molecule is CCc1occc1C(=O)N[C@H]1COC[C@H]1Oc1cnn(C)c1. The topological polar surface area (TPSA) is 78.5 Å². The van der Waals surface area contributed by atoms with E-state index in [9.17, 15) is 4.79 Å². The van der Waals surface area contributed by atoms with Gasteiger partial charge in [0.15, 0.2) is 5.75 Å². The molecule has 3 heterocycles. The molecule has 7 heteroatoms. The van der Waals surface area contributed by atoms with E-state index in [1.807, 2.05) is 14.0 Å². The zero-order chi connectivity index (χ0) is 15.5. The van der Waals surface area contributed by atoms with E-state index in [0.717, 1.165) is 0 Å². The lowest BCUT2D eigenvalue weighted by Crippen LogP contribution is -2.45. The van der Waals surface area contributed by atoms with Crippen LogP contribution in [0.15, 0.2) is 29.1 Å². The summed E-state index contributed by atoms with van der Waals surface area (Å²) < 4.78 is 18.2. The van der Waals surface area contributed by atoms with Crippen molar-refractivity contribution in [2.24, 2.45) is 7.05 Å². The number of ether oxygens (including phenoxy) is 2. The molecule has 0 aromatic carbocycles. The molecule has 0 unspecified atom stereocenters. The highest BCUT2D eigenvalue weighted by Crippen LogP contribution is 2.17. The average molecular weight is 305 g/mol. The predicted molar refractivity (Wildman–Crippen MR) is 77.8 cm³/mol. The standard InChI is InChI=1S/C15H19N3O4/c1-3-13-11(4-5-21-13)15(19)17-12-8-20-9-14(12)22-10-6-16-18(2)7-10/h4-7,12,14H,3,8-9H2,1-2H3,(H,17,19)/t12-,14+/m0/s1. The normalized spacial score (nSPS) is 21.0. The summed E-state index contributed by atoms with van der Waals surface area (Å²) in [4.78, 5) is 12.3. The quantitative estimate of drug-likeness (QED) is 0.896. The number of rotatable bonds is 5. The number of aromatic nitrogens is 2. The van der Waals surface area contributed by atoms with Crippen molar-refractivity contribution in [1.82, 2.24) is 15.1 Å². The molecule has 1 N–H and O–H groups in total. The van der Waals surface area contributed by atoms with E-state index in [0.29, 0.717) is 36.7 Å². The zero-order valence-corrected chi connectivity index (χ0v) is 12.6. The maximum absolute atomic E-state index is 12.3. The van der Waals surface area contributed by atoms with Gasteiger partial charge in [0.2, 0.25) is 0 Å². The van der Waals surface area contributed by atoms with Gasteiger partial charge in [0.1, 0.15) is 11.9 Å². The second-order valence-electron chi connectivity index (χ2n) is 5.23. The fraction of sp³-hybridized carbons (Fsp3) is 0.467. The molecular formula is C15H19N3O4. The Morgan fingerprint density at radius 3 is 3.14 bits per heavy atom. The van der Waals surface area contributed by atoms with Gasteiger partial charge < -0.3 is 19.2 Å². The van der Waals surface area contributed by atoms with Crippen LogP contribution in [0.4, 0.5) is 0 Å². The summed E-state index contributed by atoms with van der Waals surface area (Å²) in [5.74, 6) is 1.18. The number of furan rings is 1. The van der Waals surface area contributed by atoms with Crippen LogP contribution in [0.1, 0.15) is 23.0 Å². The molecule has 1 fully saturated rings. The minimum Gasteiger partial charge on any atom is -0.482 e. The van der Waals surface area contributed by atoms with Crippen LogP contribution < -0.4 is 10.1 Å². The van der Waals surface area contributed by atoms with Crippen LogP contribution >= 0.6 is 0 Å². The largest absolute Gasteiger partial charge is 0.482 e. The fourth-order valence-corrected chi connectivity index (χ4v) is 2.48. The van der Waals surface area contributed by atoms with E-state index < -0.39 is 0 Å². The molecule has 2 aromatic rings. The molecule has 118 valence electrons. The van der Waals surface area contributed by atoms with Gasteiger partial charge in [-0.2, -0.15) is 5.10 Å². The molecule has 1 aliphatic heterocycles. The highest BCUT2D eigenvalue weighted by Gasteiger charge is 2.32. The van der Waals surface area contributed by atoms with Crippen molar-refractivity contribution in [3.05, 3.63) is 36.0 Å². The van der Waals surface area contributed by atoms with Crippen LogP contribution in [0.2, 0.25) is 0 Å². The van der Waals surface area contributed by atoms with Crippen molar-refractivity contribution in [3.8, 4) is 5.75 Å². The Labute approximate surface area is 128 Å². The van der Waals surface area contributed by atoms with Crippen LogP contribution in [0.25, 0.3) is 0 Å². The van der Waals surface area contributed by atoms with E-state index >= 15 is 0 Å². The predicted octanol–water partition coefficient (Wildman–Crippen LogP) is 1.15. The van der Waals surface area contributed by atoms with Gasteiger partial charge in [0, 0.05) is 13.5 Å². The van der Waals surface area contributed by atoms with E-state index in [1.54, 1.807) is 23.1 Å². The molecular weight excluding hydrogens is 286 g/mol. The summed E-state index contributed by atoms with van der Waals surface area (Å²) in [7, 11) is 1.82. The Morgan fingerprint density at radius 2 is 2.41 bits per heavy atom. The van der Waals surface area contributed by atoms with Crippen molar-refractivity contribution in [1.29, 1.82) is 0 Å². The molecule has 0 radical (unpaired) electrons. The zero-order valence-electron chi connectivity index (χ0n) is 12.6. The number of amides is 1. The van der Waals surface area contributed by atoms with Gasteiger partial charge in [-0.1, -0.05) is 6.92 Å². The number of nitrogens with zero attached hydrogens (tertiary/aromatic N) is 2. The molecule has 1 aliphatic rings. The highest BCUT2D eigenvalue weighted by atomic mass is 16.5. The van der Waals surface area contributed by atoms with E-state index in [-0.39, 0.29) is 18.1 Å². The van der Waals surface area contributed by atoms with Crippen molar-refractivity contribution in [2.45, 2.75) is 25.5 Å². The lowest BCUT2D eigenvalue weighted by Gasteiger charge is -2.19. The van der Waals surface area contributed by atoms with Crippen LogP contribution in [-0.4, -0.2) is 41.0 Å². The number of hydrogen-bond acceptors (Lipinski definition) is 5. The Morgan fingerprint density at radius 1 is 1.55 bits per heavy atom. The number of aryl methyl sites for hydroxylation is 2. The van der Waals surface area contributed by atoms with Gasteiger partial charge in [0.25, 0.3) is 5.91 Å². The van der Waals surface area contributed by atoms with Gasteiger partial charge in [-0.15, -0.1) is 0 Å². The third-order valence-electron chi connectivity index (χ3n) is 3.62. The summed E-state index contributed by atoms with van der Waals surface area (Å²) in [6, 6.07) is 1.48. The molecule has 0 saturated carbocycles. The highest BCUT2D eigenvalue weighted by molar-refractivity contribution is 5.95. The van der Waals surface area contributed by atoms with Crippen LogP contribution in [0.3, 0.4) is 0 Å². The Hall–Kier alpha value is -2.28. The maximum Gasteiger partial charge on any atom is 0.255 e. The molecule has 1 amide bonds. The fourth-order valence-electron chi connectivity index (χ4n) is 2.48. The first kappa shape index (κ1) is 14.6. The molecule has 22 heavy (non-hydrogen) atoms. The average Bonchev–Trinajstić information content (AvgIpc) is 3.21. The lowest BCUT2D eigenvalue weighted by molar-refractivity contribution is 0.0902. The third-order valence-corrected chi connectivity index (χ3v) is 3.62. The van der Waals surface area contributed by atoms with Gasteiger partial charge in [-0.05, 0) is 6.07 Å². The first-order valence-corrected chi connectivity index (χ1v) is 7.27. The first-order chi connectivity index (χ1) is 10.7. The smallest absolute Gasteiger partial charge is 0.255 e. The summed E-state index contributed by atoms with van der Waals surface area (Å²) >= 11 is 0. The second kappa shape index (κ2) is 6.23. The second-order valence-corrected chi connectivity index (χ2v) is 5.23. The van der Waals surface area contributed by atoms with Gasteiger partial charge in [-0.25, -0.2) is 0 Å². The third kappa shape index (κ3) is 2.99. The summed E-state index contributed by atoms with van der Waals surface area (Å²) in [5.41, 5.74) is 0.564. The van der Waals surface area contributed by atoms with Crippen molar-refractivity contribution < 1.29 is 18.7 Å². The Balaban J connectivity index is 1.64. The summed E-state index contributed by atoms with van der Waals surface area (Å²) in [6.07, 6.45) is 5.39. The molecule has 1 saturated heterocycles. The molecule has 2 atom stereocenters. The van der Waals surface area contributed by atoms with Crippen molar-refractivity contribution in [2.75, 3.05) is 13.2 Å². The summed E-state index contributed by atoms with van der Waals surface area (Å²) in [5, 5.41) is 7.02. The Bertz CT molecular complexity index is 649. The monoisotopic (exact) mass is 305 g/mol. The van der Waals surface area contributed by atoms with E-state index in [2.05, 4.69) is 10.4 Å². The number of nitrogens with one attached hydrogen (secondary N) is 1. The minimum absolute atomic E-state index is 0.166. The first-order valence-electron chi connectivity index (χ1n) is 7.27.